The molecule has 4 nitrogen and oxygen atoms in total. The van der Waals surface area contributed by atoms with Crippen LogP contribution in [0.1, 0.15) is 33.4 Å². The van der Waals surface area contributed by atoms with Crippen molar-refractivity contribution in [2.45, 2.75) is 27.2 Å². The van der Waals surface area contributed by atoms with E-state index in [0.717, 1.165) is 22.6 Å². The predicted octanol–water partition coefficient (Wildman–Crippen LogP) is 3.28. The number of hydrogen-bond acceptors (Lipinski definition) is 4. The van der Waals surface area contributed by atoms with Gasteiger partial charge in [0, 0.05) is 10.4 Å². The Morgan fingerprint density at radius 1 is 1.42 bits per heavy atom. The highest BCUT2D eigenvalue weighted by Gasteiger charge is 2.12. The quantitative estimate of drug-likeness (QED) is 0.904. The molecule has 0 saturated carbocycles. The highest BCUT2D eigenvalue weighted by Crippen LogP contribution is 2.24. The van der Waals surface area contributed by atoms with E-state index in [9.17, 15) is 9.90 Å². The van der Waals surface area contributed by atoms with E-state index in [1.165, 1.54) is 17.4 Å². The second-order valence-electron chi connectivity index (χ2n) is 4.33. The van der Waals surface area contributed by atoms with E-state index in [2.05, 4.69) is 10.3 Å². The topological polar surface area (TPSA) is 62.2 Å². The molecular weight excluding hydrogens is 260 g/mol. The number of rotatable bonds is 3. The summed E-state index contributed by atoms with van der Waals surface area (Å²) in [7, 11) is 0. The number of hydrogen-bond donors (Lipinski definition) is 2. The van der Waals surface area contributed by atoms with E-state index in [1.54, 1.807) is 19.1 Å². The number of aryl methyl sites for hydroxylation is 3. The van der Waals surface area contributed by atoms with Crippen molar-refractivity contribution in [3.05, 3.63) is 39.9 Å². The van der Waals surface area contributed by atoms with Gasteiger partial charge in [-0.05, 0) is 38.0 Å². The molecular formula is C14H16N2O2S. The zero-order chi connectivity index (χ0) is 14.0. The maximum absolute atomic E-state index is 12.0. The van der Waals surface area contributed by atoms with Crippen molar-refractivity contribution in [1.29, 1.82) is 0 Å². The number of amides is 1. The van der Waals surface area contributed by atoms with Crippen LogP contribution in [-0.4, -0.2) is 16.0 Å². The van der Waals surface area contributed by atoms with Gasteiger partial charge in [0.2, 0.25) is 0 Å². The van der Waals surface area contributed by atoms with Crippen LogP contribution in [0.4, 0.5) is 5.13 Å². The largest absolute Gasteiger partial charge is 0.508 e. The van der Waals surface area contributed by atoms with Crippen LogP contribution >= 0.6 is 11.3 Å². The average molecular weight is 276 g/mol. The average Bonchev–Trinajstić information content (AvgIpc) is 2.72. The molecule has 1 heterocycles. The molecule has 0 spiro atoms. The smallest absolute Gasteiger partial charge is 0.257 e. The summed E-state index contributed by atoms with van der Waals surface area (Å²) in [5, 5.41) is 13.0. The lowest BCUT2D eigenvalue weighted by Gasteiger charge is -2.04. The number of anilines is 1. The van der Waals surface area contributed by atoms with E-state index >= 15 is 0 Å². The molecule has 0 aliphatic rings. The minimum atomic E-state index is -0.258. The van der Waals surface area contributed by atoms with Gasteiger partial charge in [-0.1, -0.05) is 13.0 Å². The van der Waals surface area contributed by atoms with E-state index in [1.807, 2.05) is 13.8 Å². The van der Waals surface area contributed by atoms with Crippen molar-refractivity contribution in [3.63, 3.8) is 0 Å². The van der Waals surface area contributed by atoms with Gasteiger partial charge in [0.1, 0.15) is 5.75 Å². The van der Waals surface area contributed by atoms with Gasteiger partial charge < -0.3 is 5.11 Å². The van der Waals surface area contributed by atoms with E-state index in [0.29, 0.717) is 10.7 Å². The first-order valence-electron chi connectivity index (χ1n) is 6.08. The van der Waals surface area contributed by atoms with Gasteiger partial charge in [-0.3, -0.25) is 10.1 Å². The molecule has 0 aliphatic heterocycles. The van der Waals surface area contributed by atoms with Crippen molar-refractivity contribution in [2.24, 2.45) is 0 Å². The summed E-state index contributed by atoms with van der Waals surface area (Å²) in [5.41, 5.74) is 2.18. The number of carbonyl (C=O) groups is 1. The number of thiazole rings is 1. The van der Waals surface area contributed by atoms with E-state index in [-0.39, 0.29) is 11.7 Å². The van der Waals surface area contributed by atoms with Crippen molar-refractivity contribution >= 4 is 22.4 Å². The fourth-order valence-corrected chi connectivity index (χ4v) is 2.63. The maximum atomic E-state index is 12.0. The predicted molar refractivity (Wildman–Crippen MR) is 77.0 cm³/mol. The summed E-state index contributed by atoms with van der Waals surface area (Å²) in [6, 6.07) is 4.87. The van der Waals surface area contributed by atoms with Crippen molar-refractivity contribution < 1.29 is 9.90 Å². The Labute approximate surface area is 116 Å². The summed E-state index contributed by atoms with van der Waals surface area (Å²) < 4.78 is 0. The molecule has 1 aromatic carbocycles. The molecule has 2 N–H and O–H groups in total. The van der Waals surface area contributed by atoms with Crippen LogP contribution < -0.4 is 5.32 Å². The molecule has 19 heavy (non-hydrogen) atoms. The van der Waals surface area contributed by atoms with Crippen LogP contribution in [0.5, 0.6) is 5.75 Å². The number of aromatic nitrogens is 1. The Bertz CT molecular complexity index is 620. The molecule has 2 aromatic rings. The lowest BCUT2D eigenvalue weighted by atomic mass is 10.1. The Hall–Kier alpha value is -1.88. The number of nitrogens with one attached hydrogen (secondary N) is 1. The van der Waals surface area contributed by atoms with Gasteiger partial charge in [-0.2, -0.15) is 0 Å². The molecule has 0 fully saturated rings. The van der Waals surface area contributed by atoms with E-state index < -0.39 is 0 Å². The fraction of sp³-hybridized carbons (Fsp3) is 0.286. The Morgan fingerprint density at radius 2 is 2.16 bits per heavy atom. The standard InChI is InChI=1S/C14H16N2O2S/c1-4-11-9(3)19-14(15-11)16-13(18)10-6-5-8(2)12(17)7-10/h5-7,17H,4H2,1-3H3,(H,15,16,18). The SMILES string of the molecule is CCc1nc(NC(=O)c2ccc(C)c(O)c2)sc1C. The molecule has 100 valence electrons. The van der Waals surface area contributed by atoms with Crippen molar-refractivity contribution in [2.75, 3.05) is 5.32 Å². The molecule has 1 aromatic heterocycles. The summed E-state index contributed by atoms with van der Waals surface area (Å²) in [6.45, 7) is 5.81. The monoisotopic (exact) mass is 276 g/mol. The van der Waals surface area contributed by atoms with Crippen LogP contribution in [-0.2, 0) is 6.42 Å². The molecule has 5 heteroatoms. The maximum Gasteiger partial charge on any atom is 0.257 e. The Kier molecular flexibility index (Phi) is 3.85. The minimum Gasteiger partial charge on any atom is -0.508 e. The van der Waals surface area contributed by atoms with Gasteiger partial charge in [0.25, 0.3) is 5.91 Å². The Balaban J connectivity index is 2.18. The second-order valence-corrected chi connectivity index (χ2v) is 5.53. The lowest BCUT2D eigenvalue weighted by molar-refractivity contribution is 0.102. The van der Waals surface area contributed by atoms with E-state index in [4.69, 9.17) is 0 Å². The number of carbonyl (C=O) groups excluding carboxylic acids is 1. The van der Waals surface area contributed by atoms with Gasteiger partial charge >= 0.3 is 0 Å². The van der Waals surface area contributed by atoms with Gasteiger partial charge in [-0.15, -0.1) is 11.3 Å². The normalized spacial score (nSPS) is 10.5. The number of phenolic OH excluding ortho intramolecular Hbond substituents is 1. The molecule has 0 atom stereocenters. The highest BCUT2D eigenvalue weighted by molar-refractivity contribution is 7.15. The van der Waals surface area contributed by atoms with Crippen LogP contribution in [0.3, 0.4) is 0 Å². The lowest BCUT2D eigenvalue weighted by Crippen LogP contribution is -2.11. The summed E-state index contributed by atoms with van der Waals surface area (Å²) >= 11 is 1.46. The highest BCUT2D eigenvalue weighted by atomic mass is 32.1. The molecule has 2 rings (SSSR count). The summed E-state index contributed by atoms with van der Waals surface area (Å²) in [4.78, 5) is 17.5. The van der Waals surface area contributed by atoms with Gasteiger partial charge in [0.05, 0.1) is 5.69 Å². The second kappa shape index (κ2) is 5.40. The first-order valence-corrected chi connectivity index (χ1v) is 6.90. The van der Waals surface area contributed by atoms with Crippen LogP contribution in [0.2, 0.25) is 0 Å². The summed E-state index contributed by atoms with van der Waals surface area (Å²) in [5.74, 6) is -0.135. The third-order valence-corrected chi connectivity index (χ3v) is 3.85. The third-order valence-electron chi connectivity index (χ3n) is 2.92. The summed E-state index contributed by atoms with van der Waals surface area (Å²) in [6.07, 6.45) is 0.851. The first-order chi connectivity index (χ1) is 9.01. The molecule has 1 amide bonds. The number of aromatic hydroxyl groups is 1. The molecule has 0 unspecified atom stereocenters. The van der Waals surface area contributed by atoms with Crippen LogP contribution in [0.15, 0.2) is 18.2 Å². The number of nitrogens with zero attached hydrogens (tertiary/aromatic N) is 1. The Morgan fingerprint density at radius 3 is 2.74 bits per heavy atom. The molecule has 0 radical (unpaired) electrons. The molecule has 0 aliphatic carbocycles. The molecule has 0 saturated heterocycles. The number of phenols is 1. The van der Waals surface area contributed by atoms with Crippen LogP contribution in [0, 0.1) is 13.8 Å². The minimum absolute atomic E-state index is 0.122. The first kappa shape index (κ1) is 13.5. The van der Waals surface area contributed by atoms with Crippen molar-refractivity contribution in [1.82, 2.24) is 4.98 Å². The molecule has 0 bridgehead atoms. The van der Waals surface area contributed by atoms with Crippen molar-refractivity contribution in [3.8, 4) is 5.75 Å². The van der Waals surface area contributed by atoms with Crippen LogP contribution in [0.25, 0.3) is 0 Å². The van der Waals surface area contributed by atoms with Gasteiger partial charge in [-0.25, -0.2) is 4.98 Å². The zero-order valence-corrected chi connectivity index (χ0v) is 12.0. The third kappa shape index (κ3) is 2.93. The zero-order valence-electron chi connectivity index (χ0n) is 11.2. The fourth-order valence-electron chi connectivity index (χ4n) is 1.73. The number of benzene rings is 1. The van der Waals surface area contributed by atoms with Gasteiger partial charge in [0.15, 0.2) is 5.13 Å².